The van der Waals surface area contributed by atoms with Crippen molar-refractivity contribution in [2.45, 2.75) is 6.42 Å². The van der Waals surface area contributed by atoms with Crippen LogP contribution in [-0.4, -0.2) is 49.6 Å². The van der Waals surface area contributed by atoms with E-state index in [4.69, 9.17) is 9.47 Å². The Kier molecular flexibility index (Phi) is 3.56. The molecule has 0 aromatic heterocycles. The molecule has 6 nitrogen and oxygen atoms in total. The standard InChI is InChI=1S/C14H16N2O4/c17-13-9-20-12-2-1-10(7-11(12)15-13)8-14(18)16-3-5-19-6-4-16/h1-2,7H,3-6,8-9H2,(H,15,17). The van der Waals surface area contributed by atoms with Gasteiger partial charge >= 0.3 is 0 Å². The summed E-state index contributed by atoms with van der Waals surface area (Å²) in [6.45, 7) is 2.52. The summed E-state index contributed by atoms with van der Waals surface area (Å²) in [4.78, 5) is 25.2. The Labute approximate surface area is 116 Å². The SMILES string of the molecule is O=C1COc2ccc(CC(=O)N3CCOCC3)cc2N1. The molecule has 1 fully saturated rings. The summed E-state index contributed by atoms with van der Waals surface area (Å²) in [6, 6.07) is 5.44. The molecular weight excluding hydrogens is 260 g/mol. The molecule has 2 amide bonds. The quantitative estimate of drug-likeness (QED) is 0.850. The van der Waals surface area contributed by atoms with E-state index in [1.165, 1.54) is 0 Å². The lowest BCUT2D eigenvalue weighted by molar-refractivity contribution is -0.134. The number of carbonyl (C=O) groups excluding carboxylic acids is 2. The van der Waals surface area contributed by atoms with E-state index < -0.39 is 0 Å². The average Bonchev–Trinajstić information content (AvgIpc) is 2.47. The van der Waals surface area contributed by atoms with Gasteiger partial charge in [0.1, 0.15) is 5.75 Å². The third kappa shape index (κ3) is 2.75. The number of carbonyl (C=O) groups is 2. The predicted molar refractivity (Wildman–Crippen MR) is 71.7 cm³/mol. The second kappa shape index (κ2) is 5.50. The second-order valence-electron chi connectivity index (χ2n) is 4.84. The van der Waals surface area contributed by atoms with Gasteiger partial charge in [-0.1, -0.05) is 6.07 Å². The van der Waals surface area contributed by atoms with E-state index in [1.54, 1.807) is 17.0 Å². The highest BCUT2D eigenvalue weighted by atomic mass is 16.5. The smallest absolute Gasteiger partial charge is 0.262 e. The molecule has 1 saturated heterocycles. The summed E-state index contributed by atoms with van der Waals surface area (Å²) in [5, 5.41) is 2.74. The summed E-state index contributed by atoms with van der Waals surface area (Å²) in [7, 11) is 0. The molecule has 0 spiro atoms. The number of ether oxygens (including phenoxy) is 2. The molecule has 0 radical (unpaired) electrons. The van der Waals surface area contributed by atoms with Crippen LogP contribution in [0.4, 0.5) is 5.69 Å². The Morgan fingerprint density at radius 2 is 2.10 bits per heavy atom. The van der Waals surface area contributed by atoms with Gasteiger partial charge in [0.2, 0.25) is 5.91 Å². The minimum Gasteiger partial charge on any atom is -0.482 e. The van der Waals surface area contributed by atoms with Gasteiger partial charge in [-0.25, -0.2) is 0 Å². The lowest BCUT2D eigenvalue weighted by atomic mass is 10.1. The van der Waals surface area contributed by atoms with Crippen molar-refractivity contribution >= 4 is 17.5 Å². The number of hydrogen-bond donors (Lipinski definition) is 1. The fourth-order valence-corrected chi connectivity index (χ4v) is 2.34. The molecule has 1 aromatic carbocycles. The maximum Gasteiger partial charge on any atom is 0.262 e. The fraction of sp³-hybridized carbons (Fsp3) is 0.429. The number of hydrogen-bond acceptors (Lipinski definition) is 4. The normalized spacial score (nSPS) is 18.0. The molecule has 20 heavy (non-hydrogen) atoms. The molecule has 0 unspecified atom stereocenters. The van der Waals surface area contributed by atoms with Gasteiger partial charge in [0.25, 0.3) is 5.91 Å². The molecule has 2 aliphatic heterocycles. The lowest BCUT2D eigenvalue weighted by Crippen LogP contribution is -2.41. The Hall–Kier alpha value is -2.08. The first-order valence-electron chi connectivity index (χ1n) is 6.63. The number of fused-ring (bicyclic) bond motifs is 1. The molecule has 2 heterocycles. The number of rotatable bonds is 2. The highest BCUT2D eigenvalue weighted by Crippen LogP contribution is 2.28. The van der Waals surface area contributed by atoms with Crippen molar-refractivity contribution in [3.05, 3.63) is 23.8 Å². The van der Waals surface area contributed by atoms with E-state index in [9.17, 15) is 9.59 Å². The van der Waals surface area contributed by atoms with Crippen LogP contribution in [0, 0.1) is 0 Å². The fourth-order valence-electron chi connectivity index (χ4n) is 2.34. The highest BCUT2D eigenvalue weighted by molar-refractivity contribution is 5.95. The van der Waals surface area contributed by atoms with Crippen LogP contribution in [0.5, 0.6) is 5.75 Å². The van der Waals surface area contributed by atoms with E-state index in [1.807, 2.05) is 6.07 Å². The first kappa shape index (κ1) is 12.9. The van der Waals surface area contributed by atoms with Crippen LogP contribution >= 0.6 is 0 Å². The van der Waals surface area contributed by atoms with Gasteiger partial charge in [0, 0.05) is 13.1 Å². The Balaban J connectivity index is 1.69. The van der Waals surface area contributed by atoms with Gasteiger partial charge < -0.3 is 19.7 Å². The highest BCUT2D eigenvalue weighted by Gasteiger charge is 2.19. The molecule has 0 bridgehead atoms. The summed E-state index contributed by atoms with van der Waals surface area (Å²) in [6.07, 6.45) is 0.323. The molecule has 0 aliphatic carbocycles. The Morgan fingerprint density at radius 3 is 2.90 bits per heavy atom. The topological polar surface area (TPSA) is 67.9 Å². The van der Waals surface area contributed by atoms with E-state index >= 15 is 0 Å². The molecule has 0 atom stereocenters. The van der Waals surface area contributed by atoms with Crippen LogP contribution in [0.2, 0.25) is 0 Å². The lowest BCUT2D eigenvalue weighted by Gasteiger charge is -2.27. The Bertz CT molecular complexity index is 538. The van der Waals surface area contributed by atoms with E-state index in [-0.39, 0.29) is 18.4 Å². The van der Waals surface area contributed by atoms with Crippen LogP contribution in [0.25, 0.3) is 0 Å². The van der Waals surface area contributed by atoms with Crippen LogP contribution in [-0.2, 0) is 20.7 Å². The monoisotopic (exact) mass is 276 g/mol. The van der Waals surface area contributed by atoms with Crippen molar-refractivity contribution in [2.75, 3.05) is 38.2 Å². The van der Waals surface area contributed by atoms with Gasteiger partial charge in [-0.05, 0) is 17.7 Å². The van der Waals surface area contributed by atoms with Crippen molar-refractivity contribution in [1.82, 2.24) is 4.90 Å². The van der Waals surface area contributed by atoms with E-state index in [2.05, 4.69) is 5.32 Å². The first-order chi connectivity index (χ1) is 9.72. The average molecular weight is 276 g/mol. The van der Waals surface area contributed by atoms with Crippen molar-refractivity contribution in [1.29, 1.82) is 0 Å². The molecular formula is C14H16N2O4. The van der Waals surface area contributed by atoms with Crippen molar-refractivity contribution in [2.24, 2.45) is 0 Å². The van der Waals surface area contributed by atoms with Gasteiger partial charge in [-0.2, -0.15) is 0 Å². The van der Waals surface area contributed by atoms with Crippen molar-refractivity contribution in [3.8, 4) is 5.75 Å². The molecule has 1 aromatic rings. The summed E-state index contributed by atoms with van der Waals surface area (Å²) < 4.78 is 10.5. The summed E-state index contributed by atoms with van der Waals surface area (Å²) in [5.41, 5.74) is 1.50. The van der Waals surface area contributed by atoms with Crippen LogP contribution in [0.3, 0.4) is 0 Å². The largest absolute Gasteiger partial charge is 0.482 e. The number of anilines is 1. The zero-order chi connectivity index (χ0) is 13.9. The molecule has 6 heteroatoms. The number of nitrogens with zero attached hydrogens (tertiary/aromatic N) is 1. The zero-order valence-electron chi connectivity index (χ0n) is 11.1. The van der Waals surface area contributed by atoms with E-state index in [0.29, 0.717) is 44.2 Å². The van der Waals surface area contributed by atoms with Gasteiger partial charge in [0.05, 0.1) is 25.3 Å². The van der Waals surface area contributed by atoms with Crippen LogP contribution in [0.1, 0.15) is 5.56 Å². The number of nitrogens with one attached hydrogen (secondary N) is 1. The molecule has 2 aliphatic rings. The summed E-state index contributed by atoms with van der Waals surface area (Å²) in [5.74, 6) is 0.553. The van der Waals surface area contributed by atoms with Crippen LogP contribution in [0.15, 0.2) is 18.2 Å². The first-order valence-corrected chi connectivity index (χ1v) is 6.63. The number of morpholine rings is 1. The number of benzene rings is 1. The van der Waals surface area contributed by atoms with Crippen LogP contribution < -0.4 is 10.1 Å². The van der Waals surface area contributed by atoms with Crippen molar-refractivity contribution in [3.63, 3.8) is 0 Å². The Morgan fingerprint density at radius 1 is 1.30 bits per heavy atom. The van der Waals surface area contributed by atoms with E-state index in [0.717, 1.165) is 5.56 Å². The molecule has 0 saturated carbocycles. The molecule has 1 N–H and O–H groups in total. The summed E-state index contributed by atoms with van der Waals surface area (Å²) >= 11 is 0. The van der Waals surface area contributed by atoms with Gasteiger partial charge in [-0.3, -0.25) is 9.59 Å². The predicted octanol–water partition coefficient (Wildman–Crippen LogP) is 0.419. The minimum atomic E-state index is -0.172. The molecule has 106 valence electrons. The zero-order valence-corrected chi connectivity index (χ0v) is 11.1. The minimum absolute atomic E-state index is 0.0407. The third-order valence-corrected chi connectivity index (χ3v) is 3.40. The van der Waals surface area contributed by atoms with Crippen molar-refractivity contribution < 1.29 is 19.1 Å². The maximum absolute atomic E-state index is 12.2. The third-order valence-electron chi connectivity index (χ3n) is 3.40. The maximum atomic E-state index is 12.2. The van der Waals surface area contributed by atoms with Gasteiger partial charge in [-0.15, -0.1) is 0 Å². The number of amides is 2. The second-order valence-corrected chi connectivity index (χ2v) is 4.84. The van der Waals surface area contributed by atoms with Gasteiger partial charge in [0.15, 0.2) is 6.61 Å². The molecule has 3 rings (SSSR count).